The molecule has 1 saturated heterocycles. The fourth-order valence-corrected chi connectivity index (χ4v) is 4.72. The molecule has 1 fully saturated rings. The first-order valence-corrected chi connectivity index (χ1v) is 10.8. The van der Waals surface area contributed by atoms with Crippen LogP contribution in [0.1, 0.15) is 5.56 Å². The number of hydrogen-bond acceptors (Lipinski definition) is 4. The SMILES string of the molecule is O=C(/C=C/c1cc(Cl)cc(Cl)c1)Nc1cccc(S(=O)(=O)N2CCNC(=O)C2)c1. The highest BCUT2D eigenvalue weighted by atomic mass is 35.5. The summed E-state index contributed by atoms with van der Waals surface area (Å²) in [6, 6.07) is 10.7. The van der Waals surface area contributed by atoms with E-state index < -0.39 is 15.9 Å². The van der Waals surface area contributed by atoms with Gasteiger partial charge in [0.05, 0.1) is 11.4 Å². The first-order chi connectivity index (χ1) is 13.7. The van der Waals surface area contributed by atoms with Crippen LogP contribution >= 0.6 is 23.2 Å². The standard InChI is InChI=1S/C19H17Cl2N3O4S/c20-14-8-13(9-15(21)10-14)4-5-18(25)23-16-2-1-3-17(11-16)29(27,28)24-7-6-22-19(26)12-24/h1-5,8-11H,6-7,12H2,(H,22,26)(H,23,25)/b5-4+. The van der Waals surface area contributed by atoms with Crippen LogP contribution in [-0.4, -0.2) is 44.2 Å². The van der Waals surface area contributed by atoms with E-state index in [9.17, 15) is 18.0 Å². The lowest BCUT2D eigenvalue weighted by molar-refractivity contribution is -0.122. The molecule has 2 aromatic carbocycles. The highest BCUT2D eigenvalue weighted by Crippen LogP contribution is 2.21. The molecule has 0 saturated carbocycles. The summed E-state index contributed by atoms with van der Waals surface area (Å²) in [5.41, 5.74) is 0.962. The zero-order chi connectivity index (χ0) is 21.0. The number of nitrogens with zero attached hydrogens (tertiary/aromatic N) is 1. The van der Waals surface area contributed by atoms with Crippen molar-refractivity contribution >= 4 is 56.8 Å². The summed E-state index contributed by atoms with van der Waals surface area (Å²) < 4.78 is 26.6. The van der Waals surface area contributed by atoms with Crippen LogP contribution < -0.4 is 10.6 Å². The third-order valence-electron chi connectivity index (χ3n) is 4.05. The van der Waals surface area contributed by atoms with Gasteiger partial charge < -0.3 is 10.6 Å². The second-order valence-electron chi connectivity index (χ2n) is 6.24. The number of amides is 2. The van der Waals surface area contributed by atoms with E-state index in [4.69, 9.17) is 23.2 Å². The first-order valence-electron chi connectivity index (χ1n) is 8.56. The Kier molecular flexibility index (Phi) is 6.59. The fourth-order valence-electron chi connectivity index (χ4n) is 2.73. The van der Waals surface area contributed by atoms with Crippen LogP contribution in [0.15, 0.2) is 53.4 Å². The van der Waals surface area contributed by atoms with Crippen molar-refractivity contribution in [3.63, 3.8) is 0 Å². The number of halogens is 2. The molecule has 0 unspecified atom stereocenters. The molecule has 0 bridgehead atoms. The molecule has 3 rings (SSSR count). The van der Waals surface area contributed by atoms with E-state index in [1.807, 2.05) is 0 Å². The van der Waals surface area contributed by atoms with Gasteiger partial charge in [-0.15, -0.1) is 0 Å². The van der Waals surface area contributed by atoms with E-state index in [1.165, 1.54) is 24.3 Å². The Morgan fingerprint density at radius 3 is 2.55 bits per heavy atom. The predicted octanol–water partition coefficient (Wildman–Crippen LogP) is 2.77. The van der Waals surface area contributed by atoms with Crippen molar-refractivity contribution in [2.45, 2.75) is 4.90 Å². The minimum Gasteiger partial charge on any atom is -0.354 e. The predicted molar refractivity (Wildman–Crippen MR) is 112 cm³/mol. The number of sulfonamides is 1. The van der Waals surface area contributed by atoms with Crippen LogP contribution in [0.4, 0.5) is 5.69 Å². The summed E-state index contributed by atoms with van der Waals surface area (Å²) in [6.07, 6.45) is 2.83. The molecule has 1 heterocycles. The lowest BCUT2D eigenvalue weighted by Gasteiger charge is -2.26. The second kappa shape index (κ2) is 8.96. The van der Waals surface area contributed by atoms with E-state index in [-0.39, 0.29) is 30.4 Å². The summed E-state index contributed by atoms with van der Waals surface area (Å²) in [4.78, 5) is 23.7. The Labute approximate surface area is 178 Å². The smallest absolute Gasteiger partial charge is 0.248 e. The van der Waals surface area contributed by atoms with E-state index in [0.717, 1.165) is 4.31 Å². The number of carbonyl (C=O) groups is 2. The monoisotopic (exact) mass is 453 g/mol. The molecular weight excluding hydrogens is 437 g/mol. The average Bonchev–Trinajstić information content (AvgIpc) is 2.66. The number of hydrogen-bond donors (Lipinski definition) is 2. The zero-order valence-corrected chi connectivity index (χ0v) is 17.4. The van der Waals surface area contributed by atoms with Crippen LogP contribution in [-0.2, 0) is 19.6 Å². The molecule has 0 radical (unpaired) electrons. The molecule has 152 valence electrons. The van der Waals surface area contributed by atoms with Crippen molar-refractivity contribution < 1.29 is 18.0 Å². The van der Waals surface area contributed by atoms with E-state index in [2.05, 4.69) is 10.6 Å². The Bertz CT molecular complexity index is 1070. The van der Waals surface area contributed by atoms with Crippen molar-refractivity contribution in [2.75, 3.05) is 25.0 Å². The van der Waals surface area contributed by atoms with Gasteiger partial charge in [-0.05, 0) is 48.0 Å². The second-order valence-corrected chi connectivity index (χ2v) is 9.05. The molecule has 7 nitrogen and oxygen atoms in total. The maximum atomic E-state index is 12.7. The minimum atomic E-state index is -3.84. The summed E-state index contributed by atoms with van der Waals surface area (Å²) in [5.74, 6) is -0.802. The van der Waals surface area contributed by atoms with Crippen molar-refractivity contribution in [1.29, 1.82) is 0 Å². The quantitative estimate of drug-likeness (QED) is 0.680. The van der Waals surface area contributed by atoms with Gasteiger partial charge in [-0.1, -0.05) is 29.3 Å². The number of anilines is 1. The van der Waals surface area contributed by atoms with Gasteiger partial charge in [0.2, 0.25) is 21.8 Å². The number of nitrogens with one attached hydrogen (secondary N) is 2. The maximum Gasteiger partial charge on any atom is 0.248 e. The molecule has 0 atom stereocenters. The summed E-state index contributed by atoms with van der Waals surface area (Å²) in [5, 5.41) is 6.09. The Balaban J connectivity index is 1.73. The Hall–Kier alpha value is -2.39. The molecule has 2 aromatic rings. The van der Waals surface area contributed by atoms with Crippen LogP contribution in [0.2, 0.25) is 10.0 Å². The van der Waals surface area contributed by atoms with Crippen molar-refractivity contribution in [3.8, 4) is 0 Å². The van der Waals surface area contributed by atoms with Gasteiger partial charge in [0.25, 0.3) is 0 Å². The molecule has 0 spiro atoms. The lowest BCUT2D eigenvalue weighted by Crippen LogP contribution is -2.49. The maximum absolute atomic E-state index is 12.7. The molecule has 10 heteroatoms. The van der Waals surface area contributed by atoms with Gasteiger partial charge in [-0.3, -0.25) is 9.59 Å². The number of piperazine rings is 1. The molecule has 2 N–H and O–H groups in total. The van der Waals surface area contributed by atoms with Crippen LogP contribution in [0.3, 0.4) is 0 Å². The molecule has 0 aromatic heterocycles. The number of rotatable bonds is 5. The van der Waals surface area contributed by atoms with E-state index >= 15 is 0 Å². The molecule has 1 aliphatic heterocycles. The van der Waals surface area contributed by atoms with Gasteiger partial charge in [0, 0.05) is 34.9 Å². The molecule has 29 heavy (non-hydrogen) atoms. The third kappa shape index (κ3) is 5.57. The number of benzene rings is 2. The van der Waals surface area contributed by atoms with Crippen molar-refractivity contribution in [1.82, 2.24) is 9.62 Å². The van der Waals surface area contributed by atoms with Crippen LogP contribution in [0.25, 0.3) is 6.08 Å². The number of carbonyl (C=O) groups excluding carboxylic acids is 2. The molecular formula is C19H17Cl2N3O4S. The normalized spacial score (nSPS) is 15.3. The molecule has 1 aliphatic rings. The lowest BCUT2D eigenvalue weighted by atomic mass is 10.2. The minimum absolute atomic E-state index is 0.00407. The third-order valence-corrected chi connectivity index (χ3v) is 6.33. The summed E-state index contributed by atoms with van der Waals surface area (Å²) >= 11 is 11.8. The Morgan fingerprint density at radius 2 is 1.86 bits per heavy atom. The largest absolute Gasteiger partial charge is 0.354 e. The topological polar surface area (TPSA) is 95.6 Å². The Morgan fingerprint density at radius 1 is 1.14 bits per heavy atom. The molecule has 0 aliphatic carbocycles. The summed E-state index contributed by atoms with van der Waals surface area (Å²) in [7, 11) is -3.84. The average molecular weight is 454 g/mol. The highest BCUT2D eigenvalue weighted by molar-refractivity contribution is 7.89. The van der Waals surface area contributed by atoms with Gasteiger partial charge in [0.1, 0.15) is 0 Å². The van der Waals surface area contributed by atoms with E-state index in [1.54, 1.807) is 30.3 Å². The highest BCUT2D eigenvalue weighted by Gasteiger charge is 2.29. The molecule has 2 amide bonds. The van der Waals surface area contributed by atoms with Crippen molar-refractivity contribution in [3.05, 3.63) is 64.1 Å². The van der Waals surface area contributed by atoms with Crippen LogP contribution in [0, 0.1) is 0 Å². The van der Waals surface area contributed by atoms with Gasteiger partial charge in [0.15, 0.2) is 0 Å². The zero-order valence-electron chi connectivity index (χ0n) is 15.1. The first kappa shape index (κ1) is 21.3. The van der Waals surface area contributed by atoms with Crippen molar-refractivity contribution in [2.24, 2.45) is 0 Å². The van der Waals surface area contributed by atoms with Gasteiger partial charge in [-0.2, -0.15) is 4.31 Å². The fraction of sp³-hybridized carbons (Fsp3) is 0.158. The van der Waals surface area contributed by atoms with E-state index in [0.29, 0.717) is 21.3 Å². The van der Waals surface area contributed by atoms with Gasteiger partial charge >= 0.3 is 0 Å². The van der Waals surface area contributed by atoms with Crippen LogP contribution in [0.5, 0.6) is 0 Å². The van der Waals surface area contributed by atoms with Gasteiger partial charge in [-0.25, -0.2) is 8.42 Å². The summed E-state index contributed by atoms with van der Waals surface area (Å²) in [6.45, 7) is 0.215.